The highest BCUT2D eigenvalue weighted by atomic mass is 16.5. The normalized spacial score (nSPS) is 14.9. The van der Waals surface area contributed by atoms with Gasteiger partial charge in [0.05, 0.1) is 20.0 Å². The molecule has 2 nitrogen and oxygen atoms in total. The second kappa shape index (κ2) is 3.97. The van der Waals surface area contributed by atoms with Gasteiger partial charge in [0.1, 0.15) is 5.75 Å². The summed E-state index contributed by atoms with van der Waals surface area (Å²) in [5, 5.41) is 0. The van der Waals surface area contributed by atoms with Crippen LogP contribution in [0.25, 0.3) is 0 Å². The molecule has 0 heterocycles. The smallest absolute Gasteiger partial charge is 0.122 e. The van der Waals surface area contributed by atoms with Crippen molar-refractivity contribution in [1.82, 2.24) is 0 Å². The highest BCUT2D eigenvalue weighted by molar-refractivity contribution is 5.47. The number of fused-ring (bicyclic) bond motifs is 1. The summed E-state index contributed by atoms with van der Waals surface area (Å²) in [6.07, 6.45) is 1.82. The maximum Gasteiger partial charge on any atom is 0.122 e. The minimum atomic E-state index is 0.849. The predicted molar refractivity (Wildman–Crippen MR) is 60.1 cm³/mol. The second-order valence-electron chi connectivity index (χ2n) is 3.86. The summed E-state index contributed by atoms with van der Waals surface area (Å²) in [5.74, 6) is 2.04. The van der Waals surface area contributed by atoms with Crippen LogP contribution in [0.15, 0.2) is 29.5 Å². The first kappa shape index (κ1) is 10.1. The zero-order chi connectivity index (χ0) is 10.8. The molecule has 80 valence electrons. The number of benzene rings is 1. The molecule has 0 aliphatic heterocycles. The van der Waals surface area contributed by atoms with Crippen molar-refractivity contribution in [1.29, 1.82) is 0 Å². The number of rotatable bonds is 2. The van der Waals surface area contributed by atoms with E-state index in [1.54, 1.807) is 14.2 Å². The minimum absolute atomic E-state index is 0.849. The topological polar surface area (TPSA) is 18.5 Å². The summed E-state index contributed by atoms with van der Waals surface area (Å²) >= 11 is 0. The van der Waals surface area contributed by atoms with Crippen molar-refractivity contribution in [2.24, 2.45) is 0 Å². The van der Waals surface area contributed by atoms with Crippen LogP contribution < -0.4 is 4.74 Å². The van der Waals surface area contributed by atoms with E-state index < -0.39 is 0 Å². The van der Waals surface area contributed by atoms with Crippen LogP contribution in [0, 0.1) is 0 Å². The third-order valence-electron chi connectivity index (χ3n) is 2.97. The summed E-state index contributed by atoms with van der Waals surface area (Å²) in [5.41, 5.74) is 3.94. The number of hydrogen-bond acceptors (Lipinski definition) is 2. The van der Waals surface area contributed by atoms with Crippen molar-refractivity contribution >= 4 is 0 Å². The van der Waals surface area contributed by atoms with Gasteiger partial charge in [-0.15, -0.1) is 0 Å². The number of methoxy groups -OCH3 is 2. The van der Waals surface area contributed by atoms with Gasteiger partial charge in [-0.25, -0.2) is 0 Å². The Morgan fingerprint density at radius 1 is 1.07 bits per heavy atom. The first-order chi connectivity index (χ1) is 7.26. The Morgan fingerprint density at radius 2 is 1.87 bits per heavy atom. The lowest BCUT2D eigenvalue weighted by molar-refractivity contribution is 0.273. The summed E-state index contributed by atoms with van der Waals surface area (Å²) in [6, 6.07) is 6.21. The lowest BCUT2D eigenvalue weighted by Crippen LogP contribution is -2.10. The molecular weight excluding hydrogens is 188 g/mol. The summed E-state index contributed by atoms with van der Waals surface area (Å²) in [6.45, 7) is 2.13. The molecule has 0 fully saturated rings. The second-order valence-corrected chi connectivity index (χ2v) is 3.86. The van der Waals surface area contributed by atoms with Crippen molar-refractivity contribution in [2.75, 3.05) is 14.2 Å². The maximum absolute atomic E-state index is 5.38. The molecule has 0 N–H and O–H groups in total. The van der Waals surface area contributed by atoms with Gasteiger partial charge in [-0.2, -0.15) is 0 Å². The molecule has 2 rings (SSSR count). The van der Waals surface area contributed by atoms with Crippen LogP contribution in [0.4, 0.5) is 0 Å². The van der Waals surface area contributed by atoms with Crippen molar-refractivity contribution in [3.8, 4) is 5.75 Å². The van der Waals surface area contributed by atoms with E-state index >= 15 is 0 Å². The zero-order valence-electron chi connectivity index (χ0n) is 9.46. The molecule has 2 heteroatoms. The monoisotopic (exact) mass is 204 g/mol. The Labute approximate surface area is 90.5 Å². The Bertz CT molecular complexity index is 405. The van der Waals surface area contributed by atoms with Crippen molar-refractivity contribution in [3.63, 3.8) is 0 Å². The zero-order valence-corrected chi connectivity index (χ0v) is 9.46. The van der Waals surface area contributed by atoms with Crippen LogP contribution in [0.3, 0.4) is 0 Å². The van der Waals surface area contributed by atoms with Crippen LogP contribution in [-0.2, 0) is 17.6 Å². The molecule has 0 radical (unpaired) electrons. The van der Waals surface area contributed by atoms with Gasteiger partial charge in [0, 0.05) is 12.0 Å². The molecule has 1 aromatic rings. The Hall–Kier alpha value is -1.44. The number of allylic oxidation sites excluding steroid dienone is 2. The van der Waals surface area contributed by atoms with Gasteiger partial charge < -0.3 is 9.47 Å². The van der Waals surface area contributed by atoms with E-state index in [4.69, 9.17) is 9.47 Å². The molecule has 0 amide bonds. The van der Waals surface area contributed by atoms with E-state index in [0.29, 0.717) is 0 Å². The highest BCUT2D eigenvalue weighted by Crippen LogP contribution is 2.32. The first-order valence-electron chi connectivity index (χ1n) is 5.13. The largest absolute Gasteiger partial charge is 0.501 e. The lowest BCUT2D eigenvalue weighted by Gasteiger charge is -2.22. The quantitative estimate of drug-likeness (QED) is 0.737. The van der Waals surface area contributed by atoms with Crippen LogP contribution in [0.5, 0.6) is 5.75 Å². The van der Waals surface area contributed by atoms with E-state index in [-0.39, 0.29) is 0 Å². The number of ether oxygens (including phenoxy) is 2. The Kier molecular flexibility index (Phi) is 2.67. The van der Waals surface area contributed by atoms with E-state index in [9.17, 15) is 0 Å². The minimum Gasteiger partial charge on any atom is -0.501 e. The van der Waals surface area contributed by atoms with Gasteiger partial charge in [-0.05, 0) is 30.5 Å². The van der Waals surface area contributed by atoms with Crippen LogP contribution in [-0.4, -0.2) is 14.2 Å². The van der Waals surface area contributed by atoms with Crippen molar-refractivity contribution in [3.05, 3.63) is 40.7 Å². The Morgan fingerprint density at radius 3 is 2.53 bits per heavy atom. The third-order valence-corrected chi connectivity index (χ3v) is 2.97. The van der Waals surface area contributed by atoms with Crippen LogP contribution >= 0.6 is 0 Å². The van der Waals surface area contributed by atoms with Gasteiger partial charge >= 0.3 is 0 Å². The molecule has 1 aliphatic rings. The fourth-order valence-corrected chi connectivity index (χ4v) is 2.11. The molecular formula is C13H16O2. The molecule has 1 aromatic carbocycles. The Balaban J connectivity index is 2.43. The fourth-order valence-electron chi connectivity index (χ4n) is 2.11. The van der Waals surface area contributed by atoms with E-state index in [1.807, 2.05) is 12.1 Å². The van der Waals surface area contributed by atoms with Gasteiger partial charge in [-0.1, -0.05) is 12.1 Å². The summed E-state index contributed by atoms with van der Waals surface area (Å²) < 4.78 is 10.7. The molecule has 0 unspecified atom stereocenters. The molecule has 1 aliphatic carbocycles. The van der Waals surface area contributed by atoms with E-state index in [1.165, 1.54) is 16.7 Å². The van der Waals surface area contributed by atoms with Crippen LogP contribution in [0.1, 0.15) is 18.1 Å². The summed E-state index contributed by atoms with van der Waals surface area (Å²) in [4.78, 5) is 0. The predicted octanol–water partition coefficient (Wildman–Crippen LogP) is 2.71. The standard InChI is InChI=1S/C13H16O2/c1-9-7-10-5-4-6-12(14-2)11(10)8-13(9)15-3/h4-6H,7-8H2,1-3H3. The highest BCUT2D eigenvalue weighted by Gasteiger charge is 2.18. The van der Waals surface area contributed by atoms with Crippen molar-refractivity contribution in [2.45, 2.75) is 19.8 Å². The van der Waals surface area contributed by atoms with E-state index in [0.717, 1.165) is 24.4 Å². The number of hydrogen-bond donors (Lipinski definition) is 0. The summed E-state index contributed by atoms with van der Waals surface area (Å²) in [7, 11) is 3.45. The maximum atomic E-state index is 5.38. The molecule has 0 aromatic heterocycles. The average molecular weight is 204 g/mol. The van der Waals surface area contributed by atoms with Crippen LogP contribution in [0.2, 0.25) is 0 Å². The van der Waals surface area contributed by atoms with Crippen molar-refractivity contribution < 1.29 is 9.47 Å². The molecule has 0 spiro atoms. The molecule has 0 atom stereocenters. The van der Waals surface area contributed by atoms with Gasteiger partial charge in [0.15, 0.2) is 0 Å². The molecule has 15 heavy (non-hydrogen) atoms. The SMILES string of the molecule is COC1=C(C)Cc2cccc(OC)c2C1. The molecule has 0 saturated carbocycles. The van der Waals surface area contributed by atoms with Gasteiger partial charge in [0.25, 0.3) is 0 Å². The van der Waals surface area contributed by atoms with Gasteiger partial charge in [-0.3, -0.25) is 0 Å². The molecule has 0 bridgehead atoms. The first-order valence-corrected chi connectivity index (χ1v) is 5.13. The molecule has 0 saturated heterocycles. The van der Waals surface area contributed by atoms with Gasteiger partial charge in [0.2, 0.25) is 0 Å². The third kappa shape index (κ3) is 1.72. The average Bonchev–Trinajstić information content (AvgIpc) is 2.27. The lowest BCUT2D eigenvalue weighted by atomic mass is 9.90. The fraction of sp³-hybridized carbons (Fsp3) is 0.385. The van der Waals surface area contributed by atoms with E-state index in [2.05, 4.69) is 13.0 Å².